The molecule has 0 saturated heterocycles. The summed E-state index contributed by atoms with van der Waals surface area (Å²) in [6.07, 6.45) is 1.60. The van der Waals surface area contributed by atoms with Gasteiger partial charge in [0.05, 0.1) is 11.3 Å². The van der Waals surface area contributed by atoms with Crippen LogP contribution in [-0.4, -0.2) is 23.3 Å². The van der Waals surface area contributed by atoms with Crippen LogP contribution in [0, 0.1) is 6.92 Å². The molecule has 0 bridgehead atoms. The molecule has 0 aliphatic carbocycles. The summed E-state index contributed by atoms with van der Waals surface area (Å²) < 4.78 is 0. The molecule has 2 N–H and O–H groups in total. The number of aryl methyl sites for hydroxylation is 1. The first-order valence-electron chi connectivity index (χ1n) is 8.40. The van der Waals surface area contributed by atoms with Crippen LogP contribution in [0.1, 0.15) is 26.4 Å². The second kappa shape index (κ2) is 8.42. The van der Waals surface area contributed by atoms with E-state index in [-0.39, 0.29) is 11.8 Å². The van der Waals surface area contributed by atoms with Gasteiger partial charge in [0.1, 0.15) is 5.01 Å². The summed E-state index contributed by atoms with van der Waals surface area (Å²) in [5.74, 6) is -0.541. The Morgan fingerprint density at radius 1 is 1.11 bits per heavy atom. The number of rotatable bonds is 6. The number of anilines is 1. The van der Waals surface area contributed by atoms with E-state index in [2.05, 4.69) is 22.2 Å². The number of nitrogens with one attached hydrogen (secondary N) is 2. The zero-order chi connectivity index (χ0) is 19.2. The number of benzene rings is 2. The Morgan fingerprint density at radius 3 is 2.52 bits per heavy atom. The number of carbonyl (C=O) groups excluding carboxylic acids is 2. The Hall–Kier alpha value is -3.25. The normalized spacial score (nSPS) is 10.3. The molecule has 0 fully saturated rings. The van der Waals surface area contributed by atoms with E-state index in [4.69, 9.17) is 0 Å². The van der Waals surface area contributed by atoms with E-state index >= 15 is 0 Å². The van der Waals surface area contributed by atoms with Crippen molar-refractivity contribution in [2.75, 3.05) is 11.9 Å². The maximum absolute atomic E-state index is 12.6. The molecule has 0 atom stereocenters. The number of aromatic nitrogens is 1. The number of hydrogen-bond donors (Lipinski definition) is 2. The fourth-order valence-corrected chi connectivity index (χ4v) is 3.30. The third kappa shape index (κ3) is 4.48. The summed E-state index contributed by atoms with van der Waals surface area (Å²) in [5.41, 5.74) is 3.32. The van der Waals surface area contributed by atoms with Crippen molar-refractivity contribution < 1.29 is 9.59 Å². The molecule has 0 aliphatic heterocycles. The van der Waals surface area contributed by atoms with Gasteiger partial charge in [-0.15, -0.1) is 17.9 Å². The van der Waals surface area contributed by atoms with Gasteiger partial charge in [-0.2, -0.15) is 0 Å². The summed E-state index contributed by atoms with van der Waals surface area (Å²) in [5, 5.41) is 8.43. The van der Waals surface area contributed by atoms with Crippen molar-refractivity contribution in [3.63, 3.8) is 0 Å². The summed E-state index contributed by atoms with van der Waals surface area (Å²) in [4.78, 5) is 29.3. The van der Waals surface area contributed by atoms with Gasteiger partial charge in [-0.25, -0.2) is 4.98 Å². The Bertz CT molecular complexity index is 977. The lowest BCUT2D eigenvalue weighted by Crippen LogP contribution is -2.25. The van der Waals surface area contributed by atoms with Crippen LogP contribution >= 0.6 is 11.3 Å². The number of thiazole rings is 1. The molecular weight excluding hydrogens is 358 g/mol. The molecule has 3 aromatic rings. The van der Waals surface area contributed by atoms with Crippen LogP contribution in [0.4, 0.5) is 5.69 Å². The van der Waals surface area contributed by atoms with Crippen LogP contribution in [0.15, 0.2) is 66.6 Å². The van der Waals surface area contributed by atoms with Crippen LogP contribution in [0.2, 0.25) is 0 Å². The van der Waals surface area contributed by atoms with Gasteiger partial charge >= 0.3 is 0 Å². The lowest BCUT2D eigenvalue weighted by atomic mass is 10.1. The van der Waals surface area contributed by atoms with E-state index < -0.39 is 0 Å². The Balaban J connectivity index is 1.76. The van der Waals surface area contributed by atoms with Crippen molar-refractivity contribution in [3.8, 4) is 10.6 Å². The highest BCUT2D eigenvalue weighted by molar-refractivity contribution is 7.13. The molecule has 0 aliphatic rings. The van der Waals surface area contributed by atoms with Gasteiger partial charge in [-0.05, 0) is 31.2 Å². The molecule has 2 amide bonds. The first kappa shape index (κ1) is 18.5. The van der Waals surface area contributed by atoms with Crippen molar-refractivity contribution in [1.82, 2.24) is 10.3 Å². The second-order valence-electron chi connectivity index (χ2n) is 5.87. The molecule has 2 aromatic carbocycles. The highest BCUT2D eigenvalue weighted by Gasteiger charge is 2.14. The van der Waals surface area contributed by atoms with Gasteiger partial charge in [0.15, 0.2) is 0 Å². The number of amides is 2. The molecule has 136 valence electrons. The van der Waals surface area contributed by atoms with E-state index in [0.717, 1.165) is 16.3 Å². The van der Waals surface area contributed by atoms with E-state index in [0.29, 0.717) is 23.4 Å². The van der Waals surface area contributed by atoms with Crippen molar-refractivity contribution in [2.24, 2.45) is 0 Å². The Kier molecular flexibility index (Phi) is 5.78. The second-order valence-corrected chi connectivity index (χ2v) is 6.73. The highest BCUT2D eigenvalue weighted by Crippen LogP contribution is 2.24. The standard InChI is InChI=1S/C21H19N3O2S/c1-3-12-22-20(26)17-6-4-5-7-18(17)24-19(25)15-8-10-16(11-9-15)21-23-14(2)13-27-21/h3-11,13H,1,12H2,2H3,(H,22,26)(H,24,25). The van der Waals surface area contributed by atoms with Crippen LogP contribution in [0.25, 0.3) is 10.6 Å². The lowest BCUT2D eigenvalue weighted by molar-refractivity contribution is 0.0959. The topological polar surface area (TPSA) is 71.1 Å². The summed E-state index contributed by atoms with van der Waals surface area (Å²) in [6.45, 7) is 5.89. The highest BCUT2D eigenvalue weighted by atomic mass is 32.1. The SMILES string of the molecule is C=CCNC(=O)c1ccccc1NC(=O)c1ccc(-c2nc(C)cs2)cc1. The van der Waals surface area contributed by atoms with E-state index in [1.54, 1.807) is 53.8 Å². The molecule has 0 radical (unpaired) electrons. The molecular formula is C21H19N3O2S. The van der Waals surface area contributed by atoms with Gasteiger partial charge in [-0.3, -0.25) is 9.59 Å². The third-order valence-corrected chi connectivity index (χ3v) is 4.85. The Morgan fingerprint density at radius 2 is 1.85 bits per heavy atom. The molecule has 5 nitrogen and oxygen atoms in total. The summed E-state index contributed by atoms with van der Waals surface area (Å²) >= 11 is 1.57. The monoisotopic (exact) mass is 377 g/mol. The molecule has 0 unspecified atom stereocenters. The fourth-order valence-electron chi connectivity index (χ4n) is 2.50. The average Bonchev–Trinajstić information content (AvgIpc) is 3.13. The van der Waals surface area contributed by atoms with Crippen molar-refractivity contribution in [1.29, 1.82) is 0 Å². The summed E-state index contributed by atoms with van der Waals surface area (Å²) in [7, 11) is 0. The van der Waals surface area contributed by atoms with Crippen LogP contribution < -0.4 is 10.6 Å². The maximum atomic E-state index is 12.6. The number of hydrogen-bond acceptors (Lipinski definition) is 4. The number of para-hydroxylation sites is 1. The number of carbonyl (C=O) groups is 2. The van der Waals surface area contributed by atoms with E-state index in [1.807, 2.05) is 24.4 Å². The third-order valence-electron chi connectivity index (χ3n) is 3.84. The molecule has 3 rings (SSSR count). The molecule has 6 heteroatoms. The van der Waals surface area contributed by atoms with E-state index in [1.165, 1.54) is 0 Å². The van der Waals surface area contributed by atoms with Crippen molar-refractivity contribution >= 4 is 28.8 Å². The van der Waals surface area contributed by atoms with Gasteiger partial charge in [0, 0.05) is 28.7 Å². The van der Waals surface area contributed by atoms with Gasteiger partial charge in [-0.1, -0.05) is 30.3 Å². The zero-order valence-electron chi connectivity index (χ0n) is 14.9. The average molecular weight is 377 g/mol. The van der Waals surface area contributed by atoms with Crippen LogP contribution in [0.5, 0.6) is 0 Å². The minimum Gasteiger partial charge on any atom is -0.349 e. The zero-order valence-corrected chi connectivity index (χ0v) is 15.7. The Labute approximate surface area is 161 Å². The van der Waals surface area contributed by atoms with Crippen molar-refractivity contribution in [3.05, 3.63) is 83.4 Å². The first-order chi connectivity index (χ1) is 13.1. The minimum atomic E-state index is -0.277. The predicted octanol–water partition coefficient (Wildman–Crippen LogP) is 4.29. The fraction of sp³-hybridized carbons (Fsp3) is 0.0952. The van der Waals surface area contributed by atoms with Crippen molar-refractivity contribution in [2.45, 2.75) is 6.92 Å². The molecule has 0 spiro atoms. The molecule has 1 aromatic heterocycles. The minimum absolute atomic E-state index is 0.264. The lowest BCUT2D eigenvalue weighted by Gasteiger charge is -2.11. The largest absolute Gasteiger partial charge is 0.349 e. The number of nitrogens with zero attached hydrogens (tertiary/aromatic N) is 1. The van der Waals surface area contributed by atoms with Gasteiger partial charge < -0.3 is 10.6 Å². The van der Waals surface area contributed by atoms with Crippen LogP contribution in [-0.2, 0) is 0 Å². The quantitative estimate of drug-likeness (QED) is 0.630. The van der Waals surface area contributed by atoms with Gasteiger partial charge in [0.2, 0.25) is 0 Å². The molecule has 1 heterocycles. The van der Waals surface area contributed by atoms with Crippen LogP contribution in [0.3, 0.4) is 0 Å². The molecule has 27 heavy (non-hydrogen) atoms. The smallest absolute Gasteiger partial charge is 0.255 e. The molecule has 0 saturated carbocycles. The summed E-state index contributed by atoms with van der Waals surface area (Å²) in [6, 6.07) is 14.1. The first-order valence-corrected chi connectivity index (χ1v) is 9.28. The van der Waals surface area contributed by atoms with E-state index in [9.17, 15) is 9.59 Å². The predicted molar refractivity (Wildman–Crippen MR) is 109 cm³/mol. The maximum Gasteiger partial charge on any atom is 0.255 e. The van der Waals surface area contributed by atoms with Gasteiger partial charge in [0.25, 0.3) is 11.8 Å².